The first kappa shape index (κ1) is 9.45. The van der Waals surface area contributed by atoms with E-state index in [0.717, 1.165) is 0 Å². The molecular formula is C9H9N3O3. The van der Waals surface area contributed by atoms with Gasteiger partial charge in [-0.2, -0.15) is 0 Å². The smallest absolute Gasteiger partial charge is 0.409 e. The number of hydrogen-bond donors (Lipinski definition) is 3. The number of ketones is 1. The molecule has 1 aliphatic heterocycles. The van der Waals surface area contributed by atoms with Crippen molar-refractivity contribution >= 4 is 23.3 Å². The number of fused-ring (bicyclic) bond motifs is 1. The summed E-state index contributed by atoms with van der Waals surface area (Å²) in [6.07, 6.45) is 0.600. The van der Waals surface area contributed by atoms with Gasteiger partial charge in [0.1, 0.15) is 5.69 Å². The monoisotopic (exact) mass is 207 g/mol. The Labute approximate surface area is 85.3 Å². The number of amides is 1. The second kappa shape index (κ2) is 3.56. The van der Waals surface area contributed by atoms with Crippen LogP contribution in [0, 0.1) is 0 Å². The van der Waals surface area contributed by atoms with Crippen LogP contribution in [0.5, 0.6) is 0 Å². The summed E-state index contributed by atoms with van der Waals surface area (Å²) in [5.41, 5.74) is 1.30. The molecule has 0 aliphatic carbocycles. The highest BCUT2D eigenvalue weighted by Crippen LogP contribution is 2.22. The van der Waals surface area contributed by atoms with Gasteiger partial charge in [-0.15, -0.1) is 0 Å². The summed E-state index contributed by atoms with van der Waals surface area (Å²) in [6.45, 7) is 0.560. The molecule has 15 heavy (non-hydrogen) atoms. The maximum absolute atomic E-state index is 11.4. The predicted octanol–water partition coefficient (Wildman–Crippen LogP) is 1.17. The van der Waals surface area contributed by atoms with Gasteiger partial charge in [0.15, 0.2) is 5.78 Å². The largest absolute Gasteiger partial charge is 0.465 e. The molecule has 0 spiro atoms. The van der Waals surface area contributed by atoms with E-state index in [1.165, 1.54) is 6.20 Å². The zero-order valence-electron chi connectivity index (χ0n) is 7.78. The van der Waals surface area contributed by atoms with Crippen molar-refractivity contribution in [2.24, 2.45) is 0 Å². The molecule has 0 saturated carbocycles. The summed E-state index contributed by atoms with van der Waals surface area (Å²) < 4.78 is 0. The van der Waals surface area contributed by atoms with E-state index in [0.29, 0.717) is 30.0 Å². The van der Waals surface area contributed by atoms with Gasteiger partial charge in [-0.05, 0) is 6.07 Å². The number of pyridine rings is 1. The maximum atomic E-state index is 11.4. The summed E-state index contributed by atoms with van der Waals surface area (Å²) in [5, 5.41) is 13.7. The molecule has 1 aromatic rings. The molecule has 0 aromatic carbocycles. The van der Waals surface area contributed by atoms with Gasteiger partial charge < -0.3 is 10.4 Å². The predicted molar refractivity (Wildman–Crippen MR) is 53.3 cm³/mol. The van der Waals surface area contributed by atoms with Crippen molar-refractivity contribution in [1.82, 2.24) is 4.98 Å². The highest BCUT2D eigenvalue weighted by Gasteiger charge is 2.18. The summed E-state index contributed by atoms with van der Waals surface area (Å²) in [5.74, 6) is -0.0226. The summed E-state index contributed by atoms with van der Waals surface area (Å²) in [7, 11) is 0. The van der Waals surface area contributed by atoms with Crippen LogP contribution in [0.3, 0.4) is 0 Å². The lowest BCUT2D eigenvalue weighted by Gasteiger charge is -2.16. The number of Topliss-reactive ketones (excluding diaryl/α,β-unsaturated/α-hetero) is 1. The molecule has 1 amide bonds. The van der Waals surface area contributed by atoms with E-state index in [4.69, 9.17) is 5.11 Å². The number of hydrogen-bond acceptors (Lipinski definition) is 4. The molecule has 0 atom stereocenters. The lowest BCUT2D eigenvalue weighted by molar-refractivity contribution is 0.0979. The fraction of sp³-hybridized carbons (Fsp3) is 0.222. The molecule has 6 heteroatoms. The SMILES string of the molecule is O=C(O)Nc1cnc2c(c1)NCCC2=O. The van der Waals surface area contributed by atoms with Crippen LogP contribution < -0.4 is 10.6 Å². The number of anilines is 2. The van der Waals surface area contributed by atoms with Gasteiger partial charge in [0.05, 0.1) is 17.6 Å². The Morgan fingerprint density at radius 2 is 2.40 bits per heavy atom. The van der Waals surface area contributed by atoms with E-state index in [-0.39, 0.29) is 5.78 Å². The number of aromatic nitrogens is 1. The van der Waals surface area contributed by atoms with Crippen LogP contribution in [0.15, 0.2) is 12.3 Å². The van der Waals surface area contributed by atoms with Crippen LogP contribution in [-0.2, 0) is 0 Å². The van der Waals surface area contributed by atoms with Crippen LogP contribution >= 0.6 is 0 Å². The number of nitrogens with zero attached hydrogens (tertiary/aromatic N) is 1. The minimum absolute atomic E-state index is 0.0226. The molecular weight excluding hydrogens is 198 g/mol. The third-order valence-corrected chi connectivity index (χ3v) is 2.07. The van der Waals surface area contributed by atoms with Crippen molar-refractivity contribution in [1.29, 1.82) is 0 Å². The number of carbonyl (C=O) groups excluding carboxylic acids is 1. The van der Waals surface area contributed by atoms with Crippen LogP contribution in [0.2, 0.25) is 0 Å². The summed E-state index contributed by atoms with van der Waals surface area (Å²) in [6, 6.07) is 1.56. The Kier molecular flexibility index (Phi) is 2.24. The standard InChI is InChI=1S/C9H9N3O3/c13-7-1-2-10-6-3-5(12-9(14)15)4-11-8(6)7/h3-4,10,12H,1-2H2,(H,14,15). The molecule has 6 nitrogen and oxygen atoms in total. The minimum atomic E-state index is -1.15. The Balaban J connectivity index is 2.33. The summed E-state index contributed by atoms with van der Waals surface area (Å²) >= 11 is 0. The van der Waals surface area contributed by atoms with Gasteiger partial charge in [-0.1, -0.05) is 0 Å². The minimum Gasteiger partial charge on any atom is -0.465 e. The maximum Gasteiger partial charge on any atom is 0.409 e. The van der Waals surface area contributed by atoms with Crippen molar-refractivity contribution in [3.05, 3.63) is 18.0 Å². The second-order valence-corrected chi connectivity index (χ2v) is 3.15. The molecule has 0 unspecified atom stereocenters. The molecule has 0 fully saturated rings. The van der Waals surface area contributed by atoms with Crippen molar-refractivity contribution in [3.8, 4) is 0 Å². The first-order chi connectivity index (χ1) is 7.16. The molecule has 2 rings (SSSR count). The highest BCUT2D eigenvalue weighted by atomic mass is 16.4. The third kappa shape index (κ3) is 1.88. The van der Waals surface area contributed by atoms with Crippen LogP contribution in [0.4, 0.5) is 16.2 Å². The second-order valence-electron chi connectivity index (χ2n) is 3.15. The normalized spacial score (nSPS) is 14.0. The fourth-order valence-corrected chi connectivity index (χ4v) is 1.44. The van der Waals surface area contributed by atoms with Crippen molar-refractivity contribution < 1.29 is 14.7 Å². The fourth-order valence-electron chi connectivity index (χ4n) is 1.44. The van der Waals surface area contributed by atoms with Crippen LogP contribution in [-0.4, -0.2) is 28.5 Å². The van der Waals surface area contributed by atoms with E-state index >= 15 is 0 Å². The van der Waals surface area contributed by atoms with Gasteiger partial charge in [0, 0.05) is 13.0 Å². The highest BCUT2D eigenvalue weighted by molar-refractivity contribution is 6.01. The van der Waals surface area contributed by atoms with E-state index < -0.39 is 6.09 Å². The average Bonchev–Trinajstić information content (AvgIpc) is 2.17. The van der Waals surface area contributed by atoms with E-state index in [9.17, 15) is 9.59 Å². The molecule has 0 bridgehead atoms. The molecule has 3 N–H and O–H groups in total. The number of rotatable bonds is 1. The van der Waals surface area contributed by atoms with Gasteiger partial charge in [0.2, 0.25) is 0 Å². The zero-order valence-corrected chi connectivity index (χ0v) is 7.78. The Bertz CT molecular complexity index is 431. The third-order valence-electron chi connectivity index (χ3n) is 2.07. The van der Waals surface area contributed by atoms with Crippen LogP contribution in [0.1, 0.15) is 16.9 Å². The van der Waals surface area contributed by atoms with Gasteiger partial charge in [0.25, 0.3) is 0 Å². The molecule has 1 aliphatic rings. The Hall–Kier alpha value is -2.11. The van der Waals surface area contributed by atoms with Crippen LogP contribution in [0.25, 0.3) is 0 Å². The first-order valence-electron chi connectivity index (χ1n) is 4.44. The van der Waals surface area contributed by atoms with Gasteiger partial charge in [-0.25, -0.2) is 9.78 Å². The lowest BCUT2D eigenvalue weighted by atomic mass is 10.1. The van der Waals surface area contributed by atoms with E-state index in [1.54, 1.807) is 6.07 Å². The summed E-state index contributed by atoms with van der Waals surface area (Å²) in [4.78, 5) is 25.7. The number of nitrogens with one attached hydrogen (secondary N) is 2. The number of carbonyl (C=O) groups is 2. The van der Waals surface area contributed by atoms with Crippen molar-refractivity contribution in [2.75, 3.05) is 17.2 Å². The van der Waals surface area contributed by atoms with Crippen molar-refractivity contribution in [2.45, 2.75) is 6.42 Å². The first-order valence-corrected chi connectivity index (χ1v) is 4.44. The van der Waals surface area contributed by atoms with Gasteiger partial charge in [-0.3, -0.25) is 10.1 Å². The molecule has 78 valence electrons. The lowest BCUT2D eigenvalue weighted by Crippen LogP contribution is -2.20. The van der Waals surface area contributed by atoms with E-state index in [1.807, 2.05) is 0 Å². The van der Waals surface area contributed by atoms with Gasteiger partial charge >= 0.3 is 6.09 Å². The molecule has 0 radical (unpaired) electrons. The molecule has 0 saturated heterocycles. The topological polar surface area (TPSA) is 91.3 Å². The quantitative estimate of drug-likeness (QED) is 0.642. The Morgan fingerprint density at radius 3 is 3.13 bits per heavy atom. The molecule has 2 heterocycles. The van der Waals surface area contributed by atoms with Crippen molar-refractivity contribution in [3.63, 3.8) is 0 Å². The Morgan fingerprint density at radius 1 is 1.60 bits per heavy atom. The van der Waals surface area contributed by atoms with E-state index in [2.05, 4.69) is 15.6 Å². The number of carboxylic acid groups (broad SMARTS) is 1. The molecule has 1 aromatic heterocycles. The zero-order chi connectivity index (χ0) is 10.8. The average molecular weight is 207 g/mol.